The first-order valence-corrected chi connectivity index (χ1v) is 7.62. The van der Waals surface area contributed by atoms with E-state index in [1.165, 1.54) is 28.9 Å². The summed E-state index contributed by atoms with van der Waals surface area (Å²) in [4.78, 5) is 1.40. The highest BCUT2D eigenvalue weighted by Crippen LogP contribution is 2.21. The molecule has 0 fully saturated rings. The Balaban J connectivity index is 1.84. The largest absolute Gasteiger partial charge is 0.126 e. The van der Waals surface area contributed by atoms with Crippen molar-refractivity contribution in [2.75, 3.05) is 5.75 Å². The Labute approximate surface area is 114 Å². The van der Waals surface area contributed by atoms with Crippen LogP contribution in [0.2, 0.25) is 0 Å². The number of aryl methyl sites for hydroxylation is 2. The Bertz CT molecular complexity index is 462. The molecule has 2 aromatic carbocycles. The predicted octanol–water partition coefficient (Wildman–Crippen LogP) is 4.97. The summed E-state index contributed by atoms with van der Waals surface area (Å²) in [6.45, 7) is 2.23. The van der Waals surface area contributed by atoms with Gasteiger partial charge in [-0.25, -0.2) is 0 Å². The first kappa shape index (κ1) is 13.2. The van der Waals surface area contributed by atoms with Crippen LogP contribution < -0.4 is 0 Å². The molecule has 0 radical (unpaired) electrons. The van der Waals surface area contributed by atoms with E-state index in [0.717, 1.165) is 12.2 Å². The van der Waals surface area contributed by atoms with Crippen LogP contribution in [-0.2, 0) is 12.8 Å². The van der Waals surface area contributed by atoms with Crippen LogP contribution >= 0.6 is 11.8 Å². The zero-order valence-corrected chi connectivity index (χ0v) is 11.7. The van der Waals surface area contributed by atoms with Gasteiger partial charge in [0.15, 0.2) is 0 Å². The number of thioether (sulfide) groups is 1. The molecular weight excluding hydrogens is 236 g/mol. The molecular formula is C17H20S. The maximum absolute atomic E-state index is 2.33. The van der Waals surface area contributed by atoms with Crippen LogP contribution in [0.15, 0.2) is 59.5 Å². The van der Waals surface area contributed by atoms with Gasteiger partial charge in [-0.3, -0.25) is 0 Å². The molecule has 0 N–H and O–H groups in total. The molecule has 0 nitrogen and oxygen atoms in total. The number of hydrogen-bond acceptors (Lipinski definition) is 1. The molecule has 2 rings (SSSR count). The smallest absolute Gasteiger partial charge is 0.00747 e. The molecule has 0 aliphatic carbocycles. The molecule has 0 heterocycles. The van der Waals surface area contributed by atoms with Crippen molar-refractivity contribution in [3.8, 4) is 0 Å². The summed E-state index contributed by atoms with van der Waals surface area (Å²) in [5.41, 5.74) is 2.89. The molecule has 0 atom stereocenters. The van der Waals surface area contributed by atoms with Crippen molar-refractivity contribution in [2.45, 2.75) is 31.1 Å². The molecule has 0 unspecified atom stereocenters. The fraction of sp³-hybridized carbons (Fsp3) is 0.294. The number of benzene rings is 2. The molecule has 0 aliphatic heterocycles. The van der Waals surface area contributed by atoms with Crippen molar-refractivity contribution in [3.05, 3.63) is 65.7 Å². The average Bonchev–Trinajstić information content (AvgIpc) is 2.41. The van der Waals surface area contributed by atoms with E-state index in [-0.39, 0.29) is 0 Å². The van der Waals surface area contributed by atoms with E-state index >= 15 is 0 Å². The van der Waals surface area contributed by atoms with Gasteiger partial charge in [-0.1, -0.05) is 55.8 Å². The summed E-state index contributed by atoms with van der Waals surface area (Å²) < 4.78 is 0. The molecule has 0 saturated heterocycles. The van der Waals surface area contributed by atoms with E-state index in [2.05, 4.69) is 61.5 Å². The van der Waals surface area contributed by atoms with Crippen molar-refractivity contribution in [1.29, 1.82) is 0 Å². The van der Waals surface area contributed by atoms with Crippen LogP contribution in [0.5, 0.6) is 0 Å². The molecule has 94 valence electrons. The summed E-state index contributed by atoms with van der Waals surface area (Å²) >= 11 is 1.96. The monoisotopic (exact) mass is 256 g/mol. The van der Waals surface area contributed by atoms with Gasteiger partial charge in [-0.2, -0.15) is 0 Å². The third-order valence-corrected chi connectivity index (χ3v) is 3.93. The second-order valence-corrected chi connectivity index (χ2v) is 5.65. The molecule has 0 amide bonds. The van der Waals surface area contributed by atoms with E-state index < -0.39 is 0 Å². The molecule has 0 spiro atoms. The second-order valence-electron chi connectivity index (χ2n) is 4.48. The first-order valence-electron chi connectivity index (χ1n) is 6.64. The SMILES string of the molecule is CCCc1cccc(SCCc2ccccc2)c1. The van der Waals surface area contributed by atoms with Crippen molar-refractivity contribution < 1.29 is 0 Å². The van der Waals surface area contributed by atoms with E-state index in [1.54, 1.807) is 0 Å². The van der Waals surface area contributed by atoms with Gasteiger partial charge in [0.05, 0.1) is 0 Å². The molecule has 2 aromatic rings. The third-order valence-electron chi connectivity index (χ3n) is 2.94. The third kappa shape index (κ3) is 4.23. The van der Waals surface area contributed by atoms with E-state index in [0.29, 0.717) is 0 Å². The van der Waals surface area contributed by atoms with Gasteiger partial charge in [-0.15, -0.1) is 11.8 Å². The van der Waals surface area contributed by atoms with Gasteiger partial charge in [0, 0.05) is 10.6 Å². The van der Waals surface area contributed by atoms with E-state index in [9.17, 15) is 0 Å². The lowest BCUT2D eigenvalue weighted by molar-refractivity contribution is 0.918. The topological polar surface area (TPSA) is 0 Å². The van der Waals surface area contributed by atoms with Gasteiger partial charge in [-0.05, 0) is 36.1 Å². The quantitative estimate of drug-likeness (QED) is 0.657. The Morgan fingerprint density at radius 3 is 2.39 bits per heavy atom. The zero-order chi connectivity index (χ0) is 12.6. The Kier molecular flexibility index (Phi) is 5.35. The highest BCUT2D eigenvalue weighted by Gasteiger charge is 1.97. The van der Waals surface area contributed by atoms with Crippen LogP contribution in [0.25, 0.3) is 0 Å². The van der Waals surface area contributed by atoms with Crippen LogP contribution in [0, 0.1) is 0 Å². The maximum Gasteiger partial charge on any atom is 0.00747 e. The standard InChI is InChI=1S/C17H20S/c1-2-7-16-10-6-11-17(14-16)18-13-12-15-8-4-3-5-9-15/h3-6,8-11,14H,2,7,12-13H2,1H3. The maximum atomic E-state index is 2.33. The van der Waals surface area contributed by atoms with Crippen molar-refractivity contribution in [3.63, 3.8) is 0 Å². The van der Waals surface area contributed by atoms with Crippen LogP contribution in [-0.4, -0.2) is 5.75 Å². The minimum atomic E-state index is 1.14. The average molecular weight is 256 g/mol. The normalized spacial score (nSPS) is 10.5. The first-order chi connectivity index (χ1) is 8.88. The second kappa shape index (κ2) is 7.27. The molecule has 0 aliphatic rings. The minimum absolute atomic E-state index is 1.14. The fourth-order valence-corrected chi connectivity index (χ4v) is 2.99. The van der Waals surface area contributed by atoms with Crippen molar-refractivity contribution in [2.24, 2.45) is 0 Å². The van der Waals surface area contributed by atoms with Gasteiger partial charge in [0.1, 0.15) is 0 Å². The van der Waals surface area contributed by atoms with Crippen LogP contribution in [0.3, 0.4) is 0 Å². The van der Waals surface area contributed by atoms with Crippen molar-refractivity contribution >= 4 is 11.8 Å². The Morgan fingerprint density at radius 2 is 1.61 bits per heavy atom. The molecule has 0 bridgehead atoms. The van der Waals surface area contributed by atoms with Gasteiger partial charge >= 0.3 is 0 Å². The van der Waals surface area contributed by atoms with Crippen LogP contribution in [0.4, 0.5) is 0 Å². The van der Waals surface area contributed by atoms with Crippen molar-refractivity contribution in [1.82, 2.24) is 0 Å². The highest BCUT2D eigenvalue weighted by molar-refractivity contribution is 7.99. The lowest BCUT2D eigenvalue weighted by atomic mass is 10.1. The molecule has 0 saturated carbocycles. The number of hydrogen-bond donors (Lipinski definition) is 0. The molecule has 1 heteroatoms. The lowest BCUT2D eigenvalue weighted by Crippen LogP contribution is -1.88. The highest BCUT2D eigenvalue weighted by atomic mass is 32.2. The summed E-state index contributed by atoms with van der Waals surface area (Å²) in [6, 6.07) is 19.7. The summed E-state index contributed by atoms with van der Waals surface area (Å²) in [5.74, 6) is 1.15. The Hall–Kier alpha value is -1.21. The van der Waals surface area contributed by atoms with Gasteiger partial charge < -0.3 is 0 Å². The minimum Gasteiger partial charge on any atom is -0.126 e. The number of rotatable bonds is 6. The van der Waals surface area contributed by atoms with E-state index in [1.807, 2.05) is 11.8 Å². The summed E-state index contributed by atoms with van der Waals surface area (Å²) in [6.07, 6.45) is 3.55. The lowest BCUT2D eigenvalue weighted by Gasteiger charge is -2.04. The van der Waals surface area contributed by atoms with Gasteiger partial charge in [0.2, 0.25) is 0 Å². The predicted molar refractivity (Wildman–Crippen MR) is 81.3 cm³/mol. The Morgan fingerprint density at radius 1 is 0.833 bits per heavy atom. The molecule has 0 aromatic heterocycles. The van der Waals surface area contributed by atoms with E-state index in [4.69, 9.17) is 0 Å². The molecule has 18 heavy (non-hydrogen) atoms. The van der Waals surface area contributed by atoms with Crippen LogP contribution in [0.1, 0.15) is 24.5 Å². The fourth-order valence-electron chi connectivity index (χ4n) is 2.01. The summed E-state index contributed by atoms with van der Waals surface area (Å²) in [7, 11) is 0. The van der Waals surface area contributed by atoms with Gasteiger partial charge in [0.25, 0.3) is 0 Å². The zero-order valence-electron chi connectivity index (χ0n) is 10.9. The summed E-state index contributed by atoms with van der Waals surface area (Å²) in [5, 5.41) is 0.